The lowest BCUT2D eigenvalue weighted by molar-refractivity contribution is 0.108. The fourth-order valence-corrected chi connectivity index (χ4v) is 2.23. The molecule has 0 amide bonds. The van der Waals surface area contributed by atoms with Crippen molar-refractivity contribution in [3.8, 4) is 0 Å². The van der Waals surface area contributed by atoms with Gasteiger partial charge < -0.3 is 19.7 Å². The Kier molecular flexibility index (Phi) is 7.98. The van der Waals surface area contributed by atoms with Crippen LogP contribution in [0.5, 0.6) is 0 Å². The largest absolute Gasteiger partial charge is 0.469 e. The number of furan rings is 1. The van der Waals surface area contributed by atoms with Crippen LogP contribution in [0.3, 0.4) is 0 Å². The molecule has 20 heavy (non-hydrogen) atoms. The summed E-state index contributed by atoms with van der Waals surface area (Å²) in [5, 5.41) is 12.9. The number of hydrogen-bond acceptors (Lipinski definition) is 3. The Morgan fingerprint density at radius 2 is 2.25 bits per heavy atom. The highest BCUT2D eigenvalue weighted by molar-refractivity contribution is 14.0. The van der Waals surface area contributed by atoms with E-state index in [0.717, 1.165) is 57.2 Å². The summed E-state index contributed by atoms with van der Waals surface area (Å²) in [6, 6.07) is 3.87. The SMILES string of the molecule is CCNC(=NCCc1ccco1)N1CCC(O)CC1.I. The molecule has 0 bridgehead atoms. The van der Waals surface area contributed by atoms with Gasteiger partial charge >= 0.3 is 0 Å². The Hall–Kier alpha value is -0.760. The lowest BCUT2D eigenvalue weighted by Gasteiger charge is -2.32. The molecule has 1 aromatic rings. The van der Waals surface area contributed by atoms with Crippen molar-refractivity contribution in [3.05, 3.63) is 24.2 Å². The second-order valence-corrected chi connectivity index (χ2v) is 4.78. The first kappa shape index (κ1) is 17.3. The van der Waals surface area contributed by atoms with Crippen molar-refractivity contribution in [2.24, 2.45) is 4.99 Å². The van der Waals surface area contributed by atoms with Crippen molar-refractivity contribution in [3.63, 3.8) is 0 Å². The molecule has 0 saturated carbocycles. The number of piperidine rings is 1. The standard InChI is InChI=1S/C14H23N3O2.HI/c1-2-15-14(17-9-6-12(18)7-10-17)16-8-5-13-4-3-11-19-13;/h3-4,11-12,18H,2,5-10H2,1H3,(H,15,16);1H. The van der Waals surface area contributed by atoms with Crippen molar-refractivity contribution in [1.82, 2.24) is 10.2 Å². The zero-order valence-electron chi connectivity index (χ0n) is 11.9. The minimum absolute atomic E-state index is 0. The summed E-state index contributed by atoms with van der Waals surface area (Å²) in [7, 11) is 0. The molecule has 6 heteroatoms. The average molecular weight is 393 g/mol. The van der Waals surface area contributed by atoms with Gasteiger partial charge in [-0.3, -0.25) is 4.99 Å². The second-order valence-electron chi connectivity index (χ2n) is 4.78. The predicted molar refractivity (Wildman–Crippen MR) is 90.6 cm³/mol. The smallest absolute Gasteiger partial charge is 0.193 e. The van der Waals surface area contributed by atoms with Gasteiger partial charge in [-0.1, -0.05) is 0 Å². The number of nitrogens with zero attached hydrogens (tertiary/aromatic N) is 2. The third-order valence-corrected chi connectivity index (χ3v) is 3.30. The monoisotopic (exact) mass is 393 g/mol. The summed E-state index contributed by atoms with van der Waals surface area (Å²) < 4.78 is 5.30. The fourth-order valence-electron chi connectivity index (χ4n) is 2.23. The van der Waals surface area contributed by atoms with Gasteiger partial charge in [-0.15, -0.1) is 24.0 Å². The molecule has 2 heterocycles. The molecule has 0 aliphatic carbocycles. The molecular weight excluding hydrogens is 369 g/mol. The molecule has 1 aliphatic heterocycles. The van der Waals surface area contributed by atoms with Crippen molar-refractivity contribution in [1.29, 1.82) is 0 Å². The summed E-state index contributed by atoms with van der Waals surface area (Å²) in [6.07, 6.45) is 4.00. The van der Waals surface area contributed by atoms with E-state index in [2.05, 4.69) is 22.1 Å². The third-order valence-electron chi connectivity index (χ3n) is 3.30. The second kappa shape index (κ2) is 9.23. The fraction of sp³-hybridized carbons (Fsp3) is 0.643. The zero-order valence-corrected chi connectivity index (χ0v) is 14.2. The van der Waals surface area contributed by atoms with Crippen molar-refractivity contribution in [2.75, 3.05) is 26.2 Å². The van der Waals surface area contributed by atoms with Gasteiger partial charge in [-0.05, 0) is 31.9 Å². The molecule has 0 radical (unpaired) electrons. The third kappa shape index (κ3) is 5.32. The maximum absolute atomic E-state index is 9.54. The first-order valence-electron chi connectivity index (χ1n) is 7.03. The van der Waals surface area contributed by atoms with Crippen molar-refractivity contribution < 1.29 is 9.52 Å². The predicted octanol–water partition coefficient (Wildman–Crippen LogP) is 1.86. The van der Waals surface area contributed by atoms with Crippen LogP contribution >= 0.6 is 24.0 Å². The van der Waals surface area contributed by atoms with E-state index in [4.69, 9.17) is 4.42 Å². The molecule has 2 rings (SSSR count). The Morgan fingerprint density at radius 1 is 1.50 bits per heavy atom. The van der Waals surface area contributed by atoms with Gasteiger partial charge in [-0.2, -0.15) is 0 Å². The van der Waals surface area contributed by atoms with Crippen LogP contribution in [-0.4, -0.2) is 48.2 Å². The van der Waals surface area contributed by atoms with Gasteiger partial charge in [-0.25, -0.2) is 0 Å². The lowest BCUT2D eigenvalue weighted by atomic mass is 10.1. The van der Waals surface area contributed by atoms with E-state index in [0.29, 0.717) is 0 Å². The van der Waals surface area contributed by atoms with Crippen molar-refractivity contribution >= 4 is 29.9 Å². The molecule has 114 valence electrons. The summed E-state index contributed by atoms with van der Waals surface area (Å²) in [5.41, 5.74) is 0. The van der Waals surface area contributed by atoms with Crippen LogP contribution in [0.15, 0.2) is 27.8 Å². The maximum atomic E-state index is 9.54. The van der Waals surface area contributed by atoms with Crippen LogP contribution in [0.25, 0.3) is 0 Å². The van der Waals surface area contributed by atoms with Gasteiger partial charge in [0.15, 0.2) is 5.96 Å². The maximum Gasteiger partial charge on any atom is 0.193 e. The van der Waals surface area contributed by atoms with Gasteiger partial charge in [0, 0.05) is 32.6 Å². The van der Waals surface area contributed by atoms with Gasteiger partial charge in [0.05, 0.1) is 12.4 Å². The summed E-state index contributed by atoms with van der Waals surface area (Å²) in [5.74, 6) is 1.91. The Labute approximate surface area is 137 Å². The number of rotatable bonds is 4. The van der Waals surface area contributed by atoms with Gasteiger partial charge in [0.2, 0.25) is 0 Å². The number of aliphatic hydroxyl groups is 1. The number of hydrogen-bond donors (Lipinski definition) is 2. The molecule has 5 nitrogen and oxygen atoms in total. The number of guanidine groups is 1. The average Bonchev–Trinajstić information content (AvgIpc) is 2.92. The Morgan fingerprint density at radius 3 is 2.85 bits per heavy atom. The van der Waals surface area contributed by atoms with E-state index in [1.165, 1.54) is 0 Å². The van der Waals surface area contributed by atoms with Crippen LogP contribution in [0.2, 0.25) is 0 Å². The summed E-state index contributed by atoms with van der Waals surface area (Å²) in [4.78, 5) is 6.85. The van der Waals surface area contributed by atoms with E-state index >= 15 is 0 Å². The van der Waals surface area contributed by atoms with E-state index in [1.54, 1.807) is 6.26 Å². The highest BCUT2D eigenvalue weighted by Gasteiger charge is 2.19. The van der Waals surface area contributed by atoms with Crippen LogP contribution in [0.4, 0.5) is 0 Å². The Bertz CT molecular complexity index is 387. The zero-order chi connectivity index (χ0) is 13.5. The number of likely N-dealkylation sites (tertiary alicyclic amines) is 1. The molecule has 1 saturated heterocycles. The van der Waals surface area contributed by atoms with E-state index < -0.39 is 0 Å². The number of aliphatic imine (C=N–C) groups is 1. The molecule has 0 atom stereocenters. The first-order chi connectivity index (χ1) is 9.29. The molecular formula is C14H24IN3O2. The van der Waals surface area contributed by atoms with E-state index in [9.17, 15) is 5.11 Å². The van der Waals surface area contributed by atoms with Crippen molar-refractivity contribution in [2.45, 2.75) is 32.3 Å². The lowest BCUT2D eigenvalue weighted by Crippen LogP contribution is -2.46. The molecule has 1 fully saturated rings. The normalized spacial score (nSPS) is 16.9. The van der Waals surface area contributed by atoms with E-state index in [-0.39, 0.29) is 30.1 Å². The van der Waals surface area contributed by atoms with E-state index in [1.807, 2.05) is 12.1 Å². The van der Waals surface area contributed by atoms with Crippen LogP contribution < -0.4 is 5.32 Å². The minimum Gasteiger partial charge on any atom is -0.469 e. The minimum atomic E-state index is -0.151. The van der Waals surface area contributed by atoms with Gasteiger partial charge in [0.1, 0.15) is 5.76 Å². The molecule has 0 unspecified atom stereocenters. The number of halogens is 1. The van der Waals surface area contributed by atoms with Gasteiger partial charge in [0.25, 0.3) is 0 Å². The number of nitrogens with one attached hydrogen (secondary N) is 1. The van der Waals surface area contributed by atoms with Crippen LogP contribution in [0, 0.1) is 0 Å². The molecule has 0 spiro atoms. The first-order valence-corrected chi connectivity index (χ1v) is 7.03. The van der Waals surface area contributed by atoms with Crippen LogP contribution in [0.1, 0.15) is 25.5 Å². The number of aliphatic hydroxyl groups excluding tert-OH is 1. The highest BCUT2D eigenvalue weighted by Crippen LogP contribution is 2.10. The van der Waals surface area contributed by atoms with Crippen LogP contribution in [-0.2, 0) is 6.42 Å². The molecule has 1 aromatic heterocycles. The molecule has 1 aliphatic rings. The highest BCUT2D eigenvalue weighted by atomic mass is 127. The molecule has 2 N–H and O–H groups in total. The Balaban J connectivity index is 0.00000200. The summed E-state index contributed by atoms with van der Waals surface area (Å²) >= 11 is 0. The quantitative estimate of drug-likeness (QED) is 0.466. The summed E-state index contributed by atoms with van der Waals surface area (Å²) in [6.45, 7) is 5.38. The topological polar surface area (TPSA) is 61.0 Å². The molecule has 0 aromatic carbocycles.